The van der Waals surface area contributed by atoms with Gasteiger partial charge in [-0.15, -0.1) is 13.2 Å². The first kappa shape index (κ1) is 31.3. The van der Waals surface area contributed by atoms with Crippen molar-refractivity contribution in [3.63, 3.8) is 0 Å². The van der Waals surface area contributed by atoms with Crippen LogP contribution >= 0.6 is 0 Å². The molecule has 1 saturated carbocycles. The Morgan fingerprint density at radius 2 is 1.80 bits per heavy atom. The van der Waals surface area contributed by atoms with Crippen molar-refractivity contribution < 1.29 is 40.7 Å². The van der Waals surface area contributed by atoms with E-state index in [-0.39, 0.29) is 34.3 Å². The molecule has 2 aromatic heterocycles. The smallest absolute Gasteiger partial charge is 0.406 e. The number of nitrogens with two attached hydrogens (primary N) is 1. The number of hydrogen-bond acceptors (Lipinski definition) is 7. The standard InChI is InChI=1S/C25H27F3N6O3.C3H3F3O/c26-25(27,28)37-17-1-2-18(19(29)10-17)22(35)33-7-3-16(4-8-33)34-20-9-14(13-31-21(20)32-23(34)36)24-5-6-30-12-15(24)11-24;1-2(7)3(4,5)6/h1-2,9-10,13,15-16,30H,3-8,11-12,29H2,(H,31,32,36);1H3. The summed E-state index contributed by atoms with van der Waals surface area (Å²) in [6.45, 7) is 3.23. The van der Waals surface area contributed by atoms with Crippen LogP contribution in [0.5, 0.6) is 5.75 Å². The molecule has 2 saturated heterocycles. The average molecular weight is 629 g/mol. The van der Waals surface area contributed by atoms with E-state index >= 15 is 0 Å². The van der Waals surface area contributed by atoms with Crippen LogP contribution in [0.25, 0.3) is 11.2 Å². The van der Waals surface area contributed by atoms with E-state index in [0.717, 1.165) is 43.6 Å². The highest BCUT2D eigenvalue weighted by atomic mass is 19.4. The van der Waals surface area contributed by atoms with Gasteiger partial charge in [0.15, 0.2) is 5.65 Å². The molecule has 3 aliphatic rings. The molecule has 6 rings (SSSR count). The Morgan fingerprint density at radius 3 is 2.39 bits per heavy atom. The third-order valence-electron chi connectivity index (χ3n) is 8.52. The number of benzene rings is 1. The molecule has 2 atom stereocenters. The molecule has 0 spiro atoms. The van der Waals surface area contributed by atoms with E-state index in [1.807, 2.05) is 6.20 Å². The molecule has 2 aliphatic heterocycles. The number of ketones is 1. The summed E-state index contributed by atoms with van der Waals surface area (Å²) in [6, 6.07) is 5.31. The van der Waals surface area contributed by atoms with Crippen molar-refractivity contribution >= 4 is 28.5 Å². The lowest BCUT2D eigenvalue weighted by Gasteiger charge is -2.33. The summed E-state index contributed by atoms with van der Waals surface area (Å²) in [6.07, 6.45) is -4.29. The maximum atomic E-state index is 13.0. The van der Waals surface area contributed by atoms with E-state index < -0.39 is 24.1 Å². The summed E-state index contributed by atoms with van der Waals surface area (Å²) in [4.78, 5) is 44.3. The van der Waals surface area contributed by atoms with Gasteiger partial charge in [0.2, 0.25) is 5.78 Å². The molecule has 44 heavy (non-hydrogen) atoms. The van der Waals surface area contributed by atoms with Gasteiger partial charge in [-0.1, -0.05) is 0 Å². The highest BCUT2D eigenvalue weighted by molar-refractivity contribution is 5.99. The van der Waals surface area contributed by atoms with E-state index in [1.54, 1.807) is 9.47 Å². The van der Waals surface area contributed by atoms with Crippen LogP contribution in [0.2, 0.25) is 0 Å². The number of pyridine rings is 1. The predicted octanol–water partition coefficient (Wildman–Crippen LogP) is 4.07. The van der Waals surface area contributed by atoms with Crippen LogP contribution < -0.4 is 21.5 Å². The van der Waals surface area contributed by atoms with E-state index in [4.69, 9.17) is 5.73 Å². The summed E-state index contributed by atoms with van der Waals surface area (Å²) < 4.78 is 75.5. The van der Waals surface area contributed by atoms with Gasteiger partial charge in [-0.25, -0.2) is 9.78 Å². The summed E-state index contributed by atoms with van der Waals surface area (Å²) in [7, 11) is 0. The molecular formula is C28H30F6N6O4. The number of aromatic nitrogens is 3. The average Bonchev–Trinajstić information content (AvgIpc) is 3.60. The summed E-state index contributed by atoms with van der Waals surface area (Å²) >= 11 is 0. The van der Waals surface area contributed by atoms with Crippen LogP contribution in [0.15, 0.2) is 35.3 Å². The van der Waals surface area contributed by atoms with Crippen molar-refractivity contribution in [2.24, 2.45) is 5.92 Å². The topological polar surface area (TPSA) is 135 Å². The van der Waals surface area contributed by atoms with Crippen molar-refractivity contribution in [2.75, 3.05) is 31.9 Å². The lowest BCUT2D eigenvalue weighted by molar-refractivity contribution is -0.274. The van der Waals surface area contributed by atoms with Gasteiger partial charge in [0.25, 0.3) is 5.91 Å². The number of rotatable bonds is 4. The lowest BCUT2D eigenvalue weighted by Crippen LogP contribution is -2.40. The molecule has 0 bridgehead atoms. The fraction of sp³-hybridized carbons (Fsp3) is 0.500. The Labute approximate surface area is 246 Å². The molecule has 10 nitrogen and oxygen atoms in total. The lowest BCUT2D eigenvalue weighted by atomic mass is 9.89. The number of anilines is 1. The third kappa shape index (κ3) is 6.39. The molecule has 4 N–H and O–H groups in total. The number of ether oxygens (including phenoxy) is 1. The number of alkyl halides is 6. The molecule has 4 heterocycles. The Morgan fingerprint density at radius 1 is 1.11 bits per heavy atom. The van der Waals surface area contributed by atoms with Crippen molar-refractivity contribution in [3.05, 3.63) is 52.1 Å². The van der Waals surface area contributed by atoms with Gasteiger partial charge in [0.1, 0.15) is 5.75 Å². The third-order valence-corrected chi connectivity index (χ3v) is 8.52. The highest BCUT2D eigenvalue weighted by Gasteiger charge is 2.56. The fourth-order valence-corrected chi connectivity index (χ4v) is 6.11. The summed E-state index contributed by atoms with van der Waals surface area (Å²) in [5.41, 5.74) is 8.36. The van der Waals surface area contributed by atoms with Crippen molar-refractivity contribution in [2.45, 2.75) is 56.6 Å². The Kier molecular flexibility index (Phi) is 8.16. The van der Waals surface area contributed by atoms with Gasteiger partial charge >= 0.3 is 18.2 Å². The summed E-state index contributed by atoms with van der Waals surface area (Å²) in [5, 5.41) is 3.44. The number of fused-ring (bicyclic) bond motifs is 2. The number of amides is 1. The molecule has 1 aromatic carbocycles. The van der Waals surface area contributed by atoms with Gasteiger partial charge in [0, 0.05) is 49.4 Å². The van der Waals surface area contributed by atoms with Crippen molar-refractivity contribution in [3.8, 4) is 5.75 Å². The Balaban J connectivity index is 0.000000493. The number of carbonyl (C=O) groups excluding carboxylic acids is 2. The first-order valence-corrected chi connectivity index (χ1v) is 13.9. The molecule has 16 heteroatoms. The number of nitrogens with zero attached hydrogens (tertiary/aromatic N) is 3. The largest absolute Gasteiger partial charge is 0.573 e. The summed E-state index contributed by atoms with van der Waals surface area (Å²) in [5.74, 6) is -1.99. The Bertz CT molecular complexity index is 1630. The number of nitrogen functional groups attached to an aromatic ring is 1. The molecule has 1 aliphatic carbocycles. The molecule has 238 valence electrons. The highest BCUT2D eigenvalue weighted by Crippen LogP contribution is 2.57. The molecule has 0 radical (unpaired) electrons. The number of Topliss-reactive ketones (excluding diaryl/α,β-unsaturated/α-hetero) is 1. The number of aromatic amines is 1. The van der Waals surface area contributed by atoms with E-state index in [0.29, 0.717) is 44.4 Å². The van der Waals surface area contributed by atoms with Crippen LogP contribution in [0, 0.1) is 5.92 Å². The fourth-order valence-electron chi connectivity index (χ4n) is 6.11. The SMILES string of the molecule is CC(=O)C(F)(F)F.Nc1cc(OC(F)(F)F)ccc1C(=O)N1CCC(n2c(=O)[nH]c3ncc(C45CCNCC4C5)cc32)CC1. The molecule has 3 aromatic rings. The van der Waals surface area contributed by atoms with Gasteiger partial charge in [0.05, 0.1) is 11.1 Å². The van der Waals surface area contributed by atoms with E-state index in [1.165, 1.54) is 11.6 Å². The zero-order valence-corrected chi connectivity index (χ0v) is 23.5. The monoisotopic (exact) mass is 628 g/mol. The van der Waals surface area contributed by atoms with Gasteiger partial charge < -0.3 is 20.7 Å². The van der Waals surface area contributed by atoms with Crippen LogP contribution in [0.1, 0.15) is 54.6 Å². The zero-order chi connectivity index (χ0) is 32.0. The predicted molar refractivity (Wildman–Crippen MR) is 146 cm³/mol. The van der Waals surface area contributed by atoms with Crippen molar-refractivity contribution in [1.29, 1.82) is 0 Å². The number of nitrogens with one attached hydrogen (secondary N) is 2. The van der Waals surface area contributed by atoms with Crippen LogP contribution in [0.3, 0.4) is 0 Å². The number of piperidine rings is 2. The minimum atomic E-state index is -4.84. The second kappa shape index (κ2) is 11.4. The van der Waals surface area contributed by atoms with E-state index in [9.17, 15) is 40.7 Å². The second-order valence-electron chi connectivity index (χ2n) is 11.3. The Hall–Kier alpha value is -4.08. The molecule has 1 amide bonds. The second-order valence-corrected chi connectivity index (χ2v) is 11.3. The van der Waals surface area contributed by atoms with Gasteiger partial charge in [-0.3, -0.25) is 19.1 Å². The normalized spacial score (nSPS) is 22.2. The number of halogens is 6. The van der Waals surface area contributed by atoms with Crippen LogP contribution in [-0.2, 0) is 10.2 Å². The zero-order valence-electron chi connectivity index (χ0n) is 23.5. The minimum Gasteiger partial charge on any atom is -0.406 e. The van der Waals surface area contributed by atoms with Crippen molar-refractivity contribution in [1.82, 2.24) is 24.8 Å². The number of likely N-dealkylation sites (tertiary alicyclic amines) is 1. The number of carbonyl (C=O) groups is 2. The quantitative estimate of drug-likeness (QED) is 0.293. The van der Waals surface area contributed by atoms with Gasteiger partial charge in [-0.05, 0) is 68.5 Å². The molecule has 2 unspecified atom stereocenters. The first-order valence-electron chi connectivity index (χ1n) is 13.9. The molecule has 3 fully saturated rings. The number of H-pyrrole nitrogens is 1. The maximum absolute atomic E-state index is 13.0. The van der Waals surface area contributed by atoms with Crippen LogP contribution in [0.4, 0.5) is 32.0 Å². The first-order chi connectivity index (χ1) is 20.6. The number of imidazole rings is 1. The van der Waals surface area contributed by atoms with E-state index in [2.05, 4.69) is 26.1 Å². The molecular weight excluding hydrogens is 598 g/mol. The van der Waals surface area contributed by atoms with Gasteiger partial charge in [-0.2, -0.15) is 13.2 Å². The van der Waals surface area contributed by atoms with Crippen LogP contribution in [-0.4, -0.2) is 69.8 Å². The minimum absolute atomic E-state index is 0.0870. The number of hydrogen-bond donors (Lipinski definition) is 3. The maximum Gasteiger partial charge on any atom is 0.573 e.